The number of rotatable bonds is 4. The van der Waals surface area contributed by atoms with Crippen LogP contribution in [-0.2, 0) is 5.41 Å². The molecule has 3 aromatic rings. The zero-order valence-corrected chi connectivity index (χ0v) is 17.0. The maximum Gasteiger partial charge on any atom is 0.253 e. The Kier molecular flexibility index (Phi) is 5.15. The van der Waals surface area contributed by atoms with E-state index in [1.807, 2.05) is 28.5 Å². The first-order chi connectivity index (χ1) is 14.0. The number of piperidine rings is 1. The predicted octanol–water partition coefficient (Wildman–Crippen LogP) is 3.66. The molecule has 3 N–H and O–H groups in total. The van der Waals surface area contributed by atoms with Gasteiger partial charge in [-0.15, -0.1) is 11.3 Å². The van der Waals surface area contributed by atoms with Gasteiger partial charge in [-0.3, -0.25) is 4.79 Å². The topological polar surface area (TPSA) is 88.7 Å². The molecule has 29 heavy (non-hydrogen) atoms. The molecule has 0 saturated carbocycles. The standard InChI is InChI=1S/C22H23N3O3S/c1-28-18-13-15(7-8-17(18)26)20(27)25-11-9-22(10-12-25,16-5-3-2-4-6-16)19-14-29-21(23)24-19/h2-8,13-14,26H,9-12H2,1H3,(H2,23,24). The molecule has 0 unspecified atom stereocenters. The van der Waals surface area contributed by atoms with Crippen molar-refractivity contribution >= 4 is 22.4 Å². The van der Waals surface area contributed by atoms with E-state index in [2.05, 4.69) is 17.1 Å². The summed E-state index contributed by atoms with van der Waals surface area (Å²) in [7, 11) is 1.47. The first-order valence-electron chi connectivity index (χ1n) is 9.47. The molecule has 0 atom stereocenters. The first-order valence-corrected chi connectivity index (χ1v) is 10.3. The molecule has 150 valence electrons. The van der Waals surface area contributed by atoms with Gasteiger partial charge in [0.1, 0.15) is 0 Å². The van der Waals surface area contributed by atoms with Crippen LogP contribution < -0.4 is 10.5 Å². The molecule has 0 radical (unpaired) electrons. The number of methoxy groups -OCH3 is 1. The third kappa shape index (κ3) is 3.53. The van der Waals surface area contributed by atoms with Gasteiger partial charge in [-0.1, -0.05) is 30.3 Å². The molecule has 1 aromatic heterocycles. The van der Waals surface area contributed by atoms with Gasteiger partial charge in [0, 0.05) is 29.4 Å². The number of anilines is 1. The van der Waals surface area contributed by atoms with Crippen molar-refractivity contribution in [3.8, 4) is 11.5 Å². The van der Waals surface area contributed by atoms with E-state index in [0.717, 1.165) is 18.5 Å². The third-order valence-electron chi connectivity index (χ3n) is 5.67. The normalized spacial score (nSPS) is 15.8. The largest absolute Gasteiger partial charge is 0.504 e. The molecular weight excluding hydrogens is 386 g/mol. The summed E-state index contributed by atoms with van der Waals surface area (Å²) >= 11 is 1.45. The van der Waals surface area contributed by atoms with Crippen molar-refractivity contribution in [2.24, 2.45) is 0 Å². The number of hydrogen-bond acceptors (Lipinski definition) is 6. The second-order valence-electron chi connectivity index (χ2n) is 7.20. The second kappa shape index (κ2) is 7.75. The number of hydrogen-bond donors (Lipinski definition) is 2. The van der Waals surface area contributed by atoms with Crippen LogP contribution in [-0.4, -0.2) is 41.1 Å². The van der Waals surface area contributed by atoms with Gasteiger partial charge in [-0.25, -0.2) is 4.98 Å². The Bertz CT molecular complexity index is 1010. The van der Waals surface area contributed by atoms with Crippen molar-refractivity contribution in [2.45, 2.75) is 18.3 Å². The van der Waals surface area contributed by atoms with Crippen molar-refractivity contribution in [1.29, 1.82) is 0 Å². The monoisotopic (exact) mass is 409 g/mol. The molecule has 1 aliphatic rings. The minimum Gasteiger partial charge on any atom is -0.504 e. The van der Waals surface area contributed by atoms with Gasteiger partial charge >= 0.3 is 0 Å². The average molecular weight is 410 g/mol. The molecular formula is C22H23N3O3S. The Hall–Kier alpha value is -3.06. The lowest BCUT2D eigenvalue weighted by molar-refractivity contribution is 0.0683. The average Bonchev–Trinajstić information content (AvgIpc) is 3.21. The lowest BCUT2D eigenvalue weighted by Crippen LogP contribution is -2.46. The van der Waals surface area contributed by atoms with Crippen LogP contribution >= 0.6 is 11.3 Å². The molecule has 2 aromatic carbocycles. The highest BCUT2D eigenvalue weighted by molar-refractivity contribution is 7.13. The van der Waals surface area contributed by atoms with Crippen LogP contribution in [0.4, 0.5) is 5.13 Å². The van der Waals surface area contributed by atoms with E-state index in [1.165, 1.54) is 30.1 Å². The lowest BCUT2D eigenvalue weighted by atomic mass is 9.70. The molecule has 2 heterocycles. The maximum atomic E-state index is 13.0. The fourth-order valence-electron chi connectivity index (χ4n) is 4.04. The summed E-state index contributed by atoms with van der Waals surface area (Å²) in [5, 5.41) is 12.4. The number of aromatic nitrogens is 1. The van der Waals surface area contributed by atoms with Gasteiger partial charge in [0.05, 0.1) is 12.8 Å². The Balaban J connectivity index is 1.59. The molecule has 1 aliphatic heterocycles. The minimum absolute atomic E-state index is 0.0203. The highest BCUT2D eigenvalue weighted by Gasteiger charge is 2.40. The van der Waals surface area contributed by atoms with Gasteiger partial charge in [-0.2, -0.15) is 0 Å². The molecule has 1 fully saturated rings. The summed E-state index contributed by atoms with van der Waals surface area (Å²) in [6, 6.07) is 15.0. The molecule has 1 amide bonds. The third-order valence-corrected chi connectivity index (χ3v) is 6.34. The van der Waals surface area contributed by atoms with Gasteiger partial charge < -0.3 is 20.5 Å². The molecule has 4 rings (SSSR count). The van der Waals surface area contributed by atoms with E-state index in [9.17, 15) is 9.90 Å². The van der Waals surface area contributed by atoms with Crippen LogP contribution in [0.15, 0.2) is 53.9 Å². The fourth-order valence-corrected chi connectivity index (χ4v) is 4.70. The van der Waals surface area contributed by atoms with E-state index in [-0.39, 0.29) is 17.1 Å². The number of thiazole rings is 1. The van der Waals surface area contributed by atoms with Gasteiger partial charge in [-0.05, 0) is 36.6 Å². The van der Waals surface area contributed by atoms with Crippen molar-refractivity contribution in [2.75, 3.05) is 25.9 Å². The number of ether oxygens (including phenoxy) is 1. The van der Waals surface area contributed by atoms with Crippen LogP contribution in [0.25, 0.3) is 0 Å². The number of nitrogens with two attached hydrogens (primary N) is 1. The quantitative estimate of drug-likeness (QED) is 0.686. The number of phenolic OH excluding ortho intramolecular Hbond substituents is 1. The van der Waals surface area contributed by atoms with Crippen molar-refractivity contribution in [1.82, 2.24) is 9.88 Å². The number of likely N-dealkylation sites (tertiary alicyclic amines) is 1. The molecule has 1 saturated heterocycles. The molecule has 0 spiro atoms. The van der Waals surface area contributed by atoms with E-state index in [1.54, 1.807) is 12.1 Å². The number of carbonyl (C=O) groups is 1. The first kappa shape index (κ1) is 19.3. The number of carbonyl (C=O) groups excluding carboxylic acids is 1. The summed E-state index contributed by atoms with van der Waals surface area (Å²) in [6.07, 6.45) is 1.53. The SMILES string of the molecule is COc1cc(C(=O)N2CCC(c3ccccc3)(c3csc(N)n3)CC2)ccc1O. The van der Waals surface area contributed by atoms with E-state index >= 15 is 0 Å². The molecule has 0 aliphatic carbocycles. The summed E-state index contributed by atoms with van der Waals surface area (Å²) in [6.45, 7) is 1.21. The Morgan fingerprint density at radius 2 is 1.93 bits per heavy atom. The Morgan fingerprint density at radius 1 is 1.21 bits per heavy atom. The number of phenols is 1. The number of benzene rings is 2. The summed E-state index contributed by atoms with van der Waals surface area (Å²) in [5.74, 6) is 0.249. The van der Waals surface area contributed by atoms with Crippen LogP contribution in [0.1, 0.15) is 34.5 Å². The minimum atomic E-state index is -0.251. The predicted molar refractivity (Wildman–Crippen MR) is 114 cm³/mol. The van der Waals surface area contributed by atoms with Crippen LogP contribution in [0, 0.1) is 0 Å². The zero-order chi connectivity index (χ0) is 20.4. The number of amides is 1. The molecule has 7 heteroatoms. The zero-order valence-electron chi connectivity index (χ0n) is 16.2. The summed E-state index contributed by atoms with van der Waals surface area (Å²) in [4.78, 5) is 19.5. The summed E-state index contributed by atoms with van der Waals surface area (Å²) in [5.41, 5.74) is 8.35. The summed E-state index contributed by atoms with van der Waals surface area (Å²) < 4.78 is 5.13. The maximum absolute atomic E-state index is 13.0. The number of aromatic hydroxyl groups is 1. The van der Waals surface area contributed by atoms with Gasteiger partial charge in [0.25, 0.3) is 5.91 Å². The van der Waals surface area contributed by atoms with Crippen molar-refractivity contribution in [3.05, 3.63) is 70.7 Å². The van der Waals surface area contributed by atoms with Crippen molar-refractivity contribution < 1.29 is 14.6 Å². The van der Waals surface area contributed by atoms with Gasteiger partial charge in [0.2, 0.25) is 0 Å². The molecule has 0 bridgehead atoms. The van der Waals surface area contributed by atoms with Crippen LogP contribution in [0.5, 0.6) is 11.5 Å². The van der Waals surface area contributed by atoms with E-state index in [4.69, 9.17) is 10.5 Å². The highest BCUT2D eigenvalue weighted by Crippen LogP contribution is 2.42. The van der Waals surface area contributed by atoms with Gasteiger partial charge in [0.15, 0.2) is 16.6 Å². The smallest absolute Gasteiger partial charge is 0.253 e. The van der Waals surface area contributed by atoms with Crippen molar-refractivity contribution in [3.63, 3.8) is 0 Å². The lowest BCUT2D eigenvalue weighted by Gasteiger charge is -2.41. The second-order valence-corrected chi connectivity index (χ2v) is 8.09. The number of nitrogen functional groups attached to an aromatic ring is 1. The molecule has 6 nitrogen and oxygen atoms in total. The Labute approximate surface area is 173 Å². The van der Waals surface area contributed by atoms with E-state index < -0.39 is 0 Å². The fraction of sp³-hybridized carbons (Fsp3) is 0.273. The Morgan fingerprint density at radius 3 is 2.55 bits per heavy atom. The van der Waals surface area contributed by atoms with Crippen LogP contribution in [0.2, 0.25) is 0 Å². The highest BCUT2D eigenvalue weighted by atomic mass is 32.1. The number of nitrogens with zero attached hydrogens (tertiary/aromatic N) is 2. The van der Waals surface area contributed by atoms with E-state index in [0.29, 0.717) is 29.5 Å². The van der Waals surface area contributed by atoms with Crippen LogP contribution in [0.3, 0.4) is 0 Å².